The van der Waals surface area contributed by atoms with Crippen LogP contribution < -0.4 is 5.11 Å². The SMILES string of the molecule is CC/C=C/C/C=C/C/C=C/C/C=C/CCCCCCCCCC(=O)OC(COCCC(C(=O)[O-])[N+](C)(C)C)COC(=O)CCCCCCC/C=C/C=C/C=C/C=C/C=C/CCC. The Bertz CT molecular complexity index is 1370. The van der Waals surface area contributed by atoms with Gasteiger partial charge in [-0.05, 0) is 70.6 Å². The van der Waals surface area contributed by atoms with Crippen LogP contribution in [0.15, 0.2) is 109 Å². The zero-order valence-electron chi connectivity index (χ0n) is 39.7. The van der Waals surface area contributed by atoms with Crippen molar-refractivity contribution in [2.45, 2.75) is 174 Å². The van der Waals surface area contributed by atoms with Crippen molar-refractivity contribution in [3.8, 4) is 0 Å². The number of carboxylic acid groups (broad SMARTS) is 1. The third-order valence-electron chi connectivity index (χ3n) is 10.0. The second-order valence-electron chi connectivity index (χ2n) is 16.7. The number of likely N-dealkylation sites (N-methyl/N-ethyl adjacent to an activating group) is 1. The first-order chi connectivity index (χ1) is 30.1. The molecule has 350 valence electrons. The molecule has 0 amide bonds. The van der Waals surface area contributed by atoms with Crippen molar-refractivity contribution in [2.75, 3.05) is 41.0 Å². The standard InChI is InChI=1S/C54H87NO7/c1-6-8-10-12-14-16-18-20-22-24-26-27-29-31-33-35-37-39-41-43-45-53(57)62-50(48-60-47-46-51(54(58)59)55(3,4)5)49-61-52(56)44-42-40-38-36-34-32-30-28-25-23-21-19-17-15-13-11-9-7-2/h8,10-11,13-17,19-23,25-28,30,50-51H,6-7,9,12,18,24,29,31-49H2,1-5H3/b10-8+,13-11+,16-14+,17-15+,21-19+,22-20+,25-23+,27-26+,30-28+. The van der Waals surface area contributed by atoms with Gasteiger partial charge in [0.15, 0.2) is 6.10 Å². The average molecular weight is 862 g/mol. The molecule has 0 aromatic rings. The minimum absolute atomic E-state index is 0.0200. The number of carboxylic acids is 1. The Morgan fingerprint density at radius 1 is 0.516 bits per heavy atom. The van der Waals surface area contributed by atoms with Gasteiger partial charge in [0.2, 0.25) is 0 Å². The van der Waals surface area contributed by atoms with E-state index in [0.29, 0.717) is 12.8 Å². The number of allylic oxidation sites excluding steroid dienone is 18. The van der Waals surface area contributed by atoms with Gasteiger partial charge < -0.3 is 28.6 Å². The van der Waals surface area contributed by atoms with Crippen LogP contribution in [0.2, 0.25) is 0 Å². The van der Waals surface area contributed by atoms with Gasteiger partial charge in [0.05, 0.1) is 40.3 Å². The van der Waals surface area contributed by atoms with Gasteiger partial charge in [0.1, 0.15) is 12.6 Å². The van der Waals surface area contributed by atoms with E-state index < -0.39 is 18.1 Å². The lowest BCUT2D eigenvalue weighted by molar-refractivity contribution is -0.889. The topological polar surface area (TPSA) is 102 Å². The highest BCUT2D eigenvalue weighted by molar-refractivity contribution is 5.70. The fraction of sp³-hybridized carbons (Fsp3) is 0.611. The van der Waals surface area contributed by atoms with Crippen LogP contribution in [-0.2, 0) is 28.6 Å². The maximum Gasteiger partial charge on any atom is 0.306 e. The number of nitrogens with zero attached hydrogens (tertiary/aromatic N) is 1. The molecule has 0 aliphatic carbocycles. The van der Waals surface area contributed by atoms with Crippen molar-refractivity contribution >= 4 is 17.9 Å². The normalized spacial score (nSPS) is 13.9. The Hall–Kier alpha value is -4.01. The molecule has 0 spiro atoms. The summed E-state index contributed by atoms with van der Waals surface area (Å²) in [5.74, 6) is -1.80. The zero-order valence-corrected chi connectivity index (χ0v) is 39.7. The molecule has 62 heavy (non-hydrogen) atoms. The van der Waals surface area contributed by atoms with Crippen LogP contribution >= 0.6 is 0 Å². The van der Waals surface area contributed by atoms with Gasteiger partial charge >= 0.3 is 11.9 Å². The summed E-state index contributed by atoms with van der Waals surface area (Å²) in [5, 5.41) is 11.7. The zero-order chi connectivity index (χ0) is 45.6. The van der Waals surface area contributed by atoms with E-state index in [-0.39, 0.29) is 42.7 Å². The molecule has 0 radical (unpaired) electrons. The molecule has 8 heteroatoms. The molecule has 0 rings (SSSR count). The number of rotatable bonds is 41. The fourth-order valence-electron chi connectivity index (χ4n) is 6.33. The summed E-state index contributed by atoms with van der Waals surface area (Å²) in [7, 11) is 5.39. The number of unbranched alkanes of at least 4 members (excludes halogenated alkanes) is 13. The van der Waals surface area contributed by atoms with E-state index in [2.05, 4.69) is 86.8 Å². The van der Waals surface area contributed by atoms with Crippen LogP contribution in [-0.4, -0.2) is 75.5 Å². The molecule has 0 aliphatic heterocycles. The van der Waals surface area contributed by atoms with Crippen molar-refractivity contribution in [1.29, 1.82) is 0 Å². The first-order valence-electron chi connectivity index (χ1n) is 24.0. The maximum atomic E-state index is 12.8. The Balaban J connectivity index is 4.40. The van der Waals surface area contributed by atoms with Gasteiger partial charge in [0.25, 0.3) is 0 Å². The van der Waals surface area contributed by atoms with E-state index in [0.717, 1.165) is 103 Å². The van der Waals surface area contributed by atoms with Crippen molar-refractivity contribution in [3.63, 3.8) is 0 Å². The first kappa shape index (κ1) is 58.0. The minimum atomic E-state index is -1.14. The third kappa shape index (κ3) is 41.3. The van der Waals surface area contributed by atoms with E-state index in [1.807, 2.05) is 36.5 Å². The van der Waals surface area contributed by atoms with Crippen molar-refractivity contribution in [2.24, 2.45) is 0 Å². The van der Waals surface area contributed by atoms with E-state index in [4.69, 9.17) is 14.2 Å². The Morgan fingerprint density at radius 3 is 1.48 bits per heavy atom. The molecule has 0 bridgehead atoms. The van der Waals surface area contributed by atoms with Gasteiger partial charge in [-0.15, -0.1) is 0 Å². The molecule has 2 unspecified atom stereocenters. The molecule has 8 nitrogen and oxygen atoms in total. The molecule has 2 atom stereocenters. The number of esters is 2. The highest BCUT2D eigenvalue weighted by Gasteiger charge is 2.25. The fourth-order valence-corrected chi connectivity index (χ4v) is 6.33. The first-order valence-corrected chi connectivity index (χ1v) is 24.0. The molecule has 0 saturated carbocycles. The smallest absolute Gasteiger partial charge is 0.306 e. The molecular weight excluding hydrogens is 775 g/mol. The average Bonchev–Trinajstić information content (AvgIpc) is 3.23. The number of quaternary nitrogens is 1. The number of hydrogen-bond acceptors (Lipinski definition) is 7. The highest BCUT2D eigenvalue weighted by atomic mass is 16.6. The van der Waals surface area contributed by atoms with Crippen LogP contribution in [0, 0.1) is 0 Å². The third-order valence-corrected chi connectivity index (χ3v) is 10.0. The predicted molar refractivity (Wildman–Crippen MR) is 258 cm³/mol. The lowest BCUT2D eigenvalue weighted by Gasteiger charge is -2.34. The molecule has 0 heterocycles. The number of hydrogen-bond donors (Lipinski definition) is 0. The lowest BCUT2D eigenvalue weighted by Crippen LogP contribution is -2.55. The summed E-state index contributed by atoms with van der Waals surface area (Å²) in [6.07, 6.45) is 59.6. The number of carbonyl (C=O) groups excluding carboxylic acids is 3. The molecule has 0 N–H and O–H groups in total. The quantitative estimate of drug-likeness (QED) is 0.0198. The second kappa shape index (κ2) is 43.6. The molecule has 0 aromatic carbocycles. The minimum Gasteiger partial charge on any atom is -0.544 e. The molecular formula is C54H87NO7. The summed E-state index contributed by atoms with van der Waals surface area (Å²) in [6, 6.07) is -0.740. The second-order valence-corrected chi connectivity index (χ2v) is 16.7. The van der Waals surface area contributed by atoms with Gasteiger partial charge in [-0.25, -0.2) is 0 Å². The molecule has 0 saturated heterocycles. The summed E-state index contributed by atoms with van der Waals surface area (Å²) in [4.78, 5) is 37.0. The summed E-state index contributed by atoms with van der Waals surface area (Å²) >= 11 is 0. The Kier molecular flexibility index (Phi) is 40.8. The predicted octanol–water partition coefficient (Wildman–Crippen LogP) is 12.3. The van der Waals surface area contributed by atoms with Crippen LogP contribution in [0.4, 0.5) is 0 Å². The van der Waals surface area contributed by atoms with Crippen LogP contribution in [0.1, 0.15) is 162 Å². The maximum absolute atomic E-state index is 12.8. The summed E-state index contributed by atoms with van der Waals surface area (Å²) < 4.78 is 17.2. The lowest BCUT2D eigenvalue weighted by atomic mass is 10.1. The summed E-state index contributed by atoms with van der Waals surface area (Å²) in [5.41, 5.74) is 0. The largest absolute Gasteiger partial charge is 0.544 e. The van der Waals surface area contributed by atoms with Crippen LogP contribution in [0.25, 0.3) is 0 Å². The van der Waals surface area contributed by atoms with Crippen molar-refractivity contribution in [3.05, 3.63) is 109 Å². The van der Waals surface area contributed by atoms with Gasteiger partial charge in [-0.1, -0.05) is 181 Å². The van der Waals surface area contributed by atoms with E-state index in [9.17, 15) is 19.5 Å². The van der Waals surface area contributed by atoms with Gasteiger partial charge in [0, 0.05) is 19.3 Å². The van der Waals surface area contributed by atoms with E-state index >= 15 is 0 Å². The van der Waals surface area contributed by atoms with E-state index in [1.165, 1.54) is 25.7 Å². The highest BCUT2D eigenvalue weighted by Crippen LogP contribution is 2.13. The number of aliphatic carboxylic acids is 1. The van der Waals surface area contributed by atoms with Gasteiger partial charge in [-0.2, -0.15) is 0 Å². The van der Waals surface area contributed by atoms with Gasteiger partial charge in [-0.3, -0.25) is 9.59 Å². The monoisotopic (exact) mass is 862 g/mol. The number of ether oxygens (including phenoxy) is 3. The Morgan fingerprint density at radius 2 is 0.968 bits per heavy atom. The van der Waals surface area contributed by atoms with E-state index in [1.54, 1.807) is 21.1 Å². The summed E-state index contributed by atoms with van der Waals surface area (Å²) in [6.45, 7) is 4.40. The Labute approximate surface area is 378 Å². The van der Waals surface area contributed by atoms with Crippen molar-refractivity contribution < 1.29 is 38.2 Å². The van der Waals surface area contributed by atoms with Crippen LogP contribution in [0.5, 0.6) is 0 Å². The van der Waals surface area contributed by atoms with Crippen LogP contribution in [0.3, 0.4) is 0 Å². The molecule has 0 aromatic heterocycles. The molecule has 0 aliphatic rings. The molecule has 0 fully saturated rings. The number of carbonyl (C=O) groups is 3. The van der Waals surface area contributed by atoms with Crippen molar-refractivity contribution in [1.82, 2.24) is 0 Å².